The van der Waals surface area contributed by atoms with Crippen LogP contribution in [-0.4, -0.2) is 175 Å². The van der Waals surface area contributed by atoms with E-state index in [-0.39, 0.29) is 75.5 Å². The molecule has 3 saturated heterocycles. The number of rotatable bonds is 12. The van der Waals surface area contributed by atoms with Crippen molar-refractivity contribution >= 4 is 46.6 Å². The van der Waals surface area contributed by atoms with E-state index in [0.29, 0.717) is 69.9 Å². The topological polar surface area (TPSA) is 191 Å². The molecule has 2 N–H and O–H groups in total. The summed E-state index contributed by atoms with van der Waals surface area (Å²) in [5.41, 5.74) is 0.351. The van der Waals surface area contributed by atoms with Crippen LogP contribution >= 0.6 is 0 Å². The Morgan fingerprint density at radius 2 is 1.51 bits per heavy atom. The molecule has 3 aliphatic heterocycles. The molecule has 51 heavy (non-hydrogen) atoms. The molecule has 2 aromatic rings. The maximum absolute atomic E-state index is 13.6. The quantitative estimate of drug-likeness (QED) is 0.297. The van der Waals surface area contributed by atoms with Crippen molar-refractivity contribution in [3.8, 4) is 5.75 Å². The molecule has 276 valence electrons. The largest absolute Gasteiger partial charge is 0.483 e. The van der Waals surface area contributed by atoms with E-state index in [1.54, 1.807) is 41.0 Å². The SMILES string of the molecule is CCOC(=O)N1CCN(C(=O)[C@H](CCC(=O)O)NC(=O)c2cc(OCC(=O)N3CCN(CC(=O)N4CCOCC4)CC3)c3ccccc3n2)CC1. The third kappa shape index (κ3) is 10.0. The highest BCUT2D eigenvalue weighted by atomic mass is 16.6. The third-order valence-corrected chi connectivity index (χ3v) is 9.08. The molecule has 4 heterocycles. The molecular formula is C34H45N7O10. The first-order valence-electron chi connectivity index (χ1n) is 17.2. The van der Waals surface area contributed by atoms with Crippen LogP contribution in [0, 0.1) is 0 Å². The third-order valence-electron chi connectivity index (χ3n) is 9.08. The summed E-state index contributed by atoms with van der Waals surface area (Å²) in [5, 5.41) is 12.6. The first-order chi connectivity index (χ1) is 24.6. The Morgan fingerprint density at radius 3 is 2.20 bits per heavy atom. The normalized spacial score (nSPS) is 17.5. The first kappa shape index (κ1) is 37.2. The van der Waals surface area contributed by atoms with Gasteiger partial charge in [-0.1, -0.05) is 12.1 Å². The number of carboxylic acids is 1. The van der Waals surface area contributed by atoms with Gasteiger partial charge in [0.2, 0.25) is 11.8 Å². The fourth-order valence-electron chi connectivity index (χ4n) is 6.17. The number of benzene rings is 1. The molecule has 0 spiro atoms. The molecule has 0 aliphatic carbocycles. The van der Waals surface area contributed by atoms with Gasteiger partial charge in [0.05, 0.1) is 31.9 Å². The van der Waals surface area contributed by atoms with Crippen LogP contribution in [-0.2, 0) is 28.7 Å². The summed E-state index contributed by atoms with van der Waals surface area (Å²) in [6, 6.07) is 7.20. The van der Waals surface area contributed by atoms with Gasteiger partial charge in [-0.15, -0.1) is 0 Å². The van der Waals surface area contributed by atoms with Crippen molar-refractivity contribution in [3.05, 3.63) is 36.0 Å². The average Bonchev–Trinajstić information content (AvgIpc) is 3.15. The van der Waals surface area contributed by atoms with Crippen LogP contribution in [0.4, 0.5) is 4.79 Å². The zero-order chi connectivity index (χ0) is 36.3. The second kappa shape index (κ2) is 17.8. The van der Waals surface area contributed by atoms with E-state index in [1.807, 2.05) is 4.90 Å². The molecule has 0 saturated carbocycles. The van der Waals surface area contributed by atoms with Gasteiger partial charge in [0.15, 0.2) is 6.61 Å². The lowest BCUT2D eigenvalue weighted by Gasteiger charge is -2.36. The van der Waals surface area contributed by atoms with Crippen LogP contribution in [0.5, 0.6) is 5.75 Å². The zero-order valence-electron chi connectivity index (χ0n) is 28.8. The number of aromatic nitrogens is 1. The fourth-order valence-corrected chi connectivity index (χ4v) is 6.17. The molecule has 1 aromatic carbocycles. The van der Waals surface area contributed by atoms with E-state index < -0.39 is 29.9 Å². The standard InChI is InChI=1S/C34H45N7O10/c1-2-50-34(48)41-15-13-40(14-16-41)33(47)26(7-8-31(44)45)36-32(46)27-21-28(24-5-3-4-6-25(24)35-27)51-23-30(43)38-11-9-37(10-12-38)22-29(42)39-17-19-49-20-18-39/h3-6,21,26H,2,7-20,22-23H2,1H3,(H,36,46)(H,44,45)/t26-/m0/s1. The summed E-state index contributed by atoms with van der Waals surface area (Å²) >= 11 is 0. The number of hydrogen-bond acceptors (Lipinski definition) is 11. The van der Waals surface area contributed by atoms with Crippen LogP contribution in [0.1, 0.15) is 30.3 Å². The van der Waals surface area contributed by atoms with Crippen molar-refractivity contribution in [2.75, 3.05) is 98.4 Å². The highest BCUT2D eigenvalue weighted by Crippen LogP contribution is 2.26. The van der Waals surface area contributed by atoms with E-state index in [4.69, 9.17) is 14.2 Å². The number of fused-ring (bicyclic) bond motifs is 1. The van der Waals surface area contributed by atoms with Crippen molar-refractivity contribution in [1.29, 1.82) is 0 Å². The summed E-state index contributed by atoms with van der Waals surface area (Å²) in [5.74, 6) is -2.26. The van der Waals surface area contributed by atoms with Gasteiger partial charge < -0.3 is 44.2 Å². The van der Waals surface area contributed by atoms with E-state index in [1.165, 1.54) is 15.9 Å². The Bertz CT molecular complexity index is 1580. The summed E-state index contributed by atoms with van der Waals surface area (Å²) in [6.45, 7) is 7.02. The Hall–Kier alpha value is -5.03. The fraction of sp³-hybridized carbons (Fsp3) is 0.559. The summed E-state index contributed by atoms with van der Waals surface area (Å²) in [7, 11) is 0. The lowest BCUT2D eigenvalue weighted by molar-refractivity contribution is -0.140. The number of nitrogens with zero attached hydrogens (tertiary/aromatic N) is 6. The Morgan fingerprint density at radius 1 is 0.863 bits per heavy atom. The van der Waals surface area contributed by atoms with Gasteiger partial charge in [0.25, 0.3) is 11.8 Å². The Kier molecular flexibility index (Phi) is 13.0. The number of pyridine rings is 1. The molecule has 17 nitrogen and oxygen atoms in total. The Labute approximate surface area is 295 Å². The number of morpholine rings is 1. The first-order valence-corrected chi connectivity index (χ1v) is 17.2. The molecular weight excluding hydrogens is 666 g/mol. The maximum Gasteiger partial charge on any atom is 0.409 e. The lowest BCUT2D eigenvalue weighted by Crippen LogP contribution is -2.56. The molecule has 0 unspecified atom stereocenters. The van der Waals surface area contributed by atoms with Gasteiger partial charge in [0.1, 0.15) is 17.5 Å². The van der Waals surface area contributed by atoms with Gasteiger partial charge in [-0.3, -0.25) is 28.9 Å². The van der Waals surface area contributed by atoms with E-state index >= 15 is 0 Å². The van der Waals surface area contributed by atoms with E-state index in [9.17, 15) is 33.9 Å². The predicted octanol–water partition coefficient (Wildman–Crippen LogP) is -0.119. The van der Waals surface area contributed by atoms with Gasteiger partial charge in [-0.2, -0.15) is 0 Å². The molecule has 1 atom stereocenters. The van der Waals surface area contributed by atoms with Gasteiger partial charge in [-0.05, 0) is 25.5 Å². The molecule has 0 bridgehead atoms. The van der Waals surface area contributed by atoms with Crippen molar-refractivity contribution in [2.45, 2.75) is 25.8 Å². The molecule has 3 fully saturated rings. The summed E-state index contributed by atoms with van der Waals surface area (Å²) < 4.78 is 16.3. The zero-order valence-corrected chi connectivity index (χ0v) is 28.8. The highest BCUT2D eigenvalue weighted by Gasteiger charge is 2.32. The maximum atomic E-state index is 13.6. The number of ether oxygens (including phenoxy) is 3. The summed E-state index contributed by atoms with van der Waals surface area (Å²) in [6.07, 6.45) is -0.991. The van der Waals surface area contributed by atoms with Crippen LogP contribution in [0.3, 0.4) is 0 Å². The van der Waals surface area contributed by atoms with Crippen molar-refractivity contribution in [3.63, 3.8) is 0 Å². The van der Waals surface area contributed by atoms with E-state index in [2.05, 4.69) is 10.3 Å². The number of hydrogen-bond donors (Lipinski definition) is 2. The summed E-state index contributed by atoms with van der Waals surface area (Å²) in [4.78, 5) is 89.3. The minimum Gasteiger partial charge on any atom is -0.483 e. The molecule has 5 amide bonds. The number of amides is 5. The second-order valence-corrected chi connectivity index (χ2v) is 12.4. The van der Waals surface area contributed by atoms with Crippen LogP contribution < -0.4 is 10.1 Å². The number of nitrogens with one attached hydrogen (secondary N) is 1. The van der Waals surface area contributed by atoms with Crippen LogP contribution in [0.2, 0.25) is 0 Å². The van der Waals surface area contributed by atoms with Crippen molar-refractivity contribution in [2.24, 2.45) is 0 Å². The average molecular weight is 712 g/mol. The van der Waals surface area contributed by atoms with Crippen molar-refractivity contribution < 1.29 is 48.1 Å². The molecule has 5 rings (SSSR count). The minimum atomic E-state index is -1.16. The number of piperazine rings is 2. The predicted molar refractivity (Wildman–Crippen MR) is 181 cm³/mol. The van der Waals surface area contributed by atoms with Crippen LogP contribution in [0.15, 0.2) is 30.3 Å². The second-order valence-electron chi connectivity index (χ2n) is 12.4. The number of carbonyl (C=O) groups is 6. The minimum absolute atomic E-state index is 0.0530. The smallest absolute Gasteiger partial charge is 0.409 e. The molecule has 17 heteroatoms. The Balaban J connectivity index is 1.20. The number of aliphatic carboxylic acids is 1. The van der Waals surface area contributed by atoms with E-state index in [0.717, 1.165) is 0 Å². The number of carbonyl (C=O) groups excluding carboxylic acids is 5. The molecule has 3 aliphatic rings. The molecule has 0 radical (unpaired) electrons. The van der Waals surface area contributed by atoms with Gasteiger partial charge in [0, 0.05) is 83.3 Å². The monoisotopic (exact) mass is 711 g/mol. The van der Waals surface area contributed by atoms with Crippen LogP contribution in [0.25, 0.3) is 10.9 Å². The number of para-hydroxylation sites is 1. The molecule has 1 aromatic heterocycles. The highest BCUT2D eigenvalue weighted by molar-refractivity contribution is 5.99. The lowest BCUT2D eigenvalue weighted by atomic mass is 10.1. The van der Waals surface area contributed by atoms with Gasteiger partial charge in [-0.25, -0.2) is 9.78 Å². The van der Waals surface area contributed by atoms with Crippen molar-refractivity contribution in [1.82, 2.24) is 34.8 Å². The van der Waals surface area contributed by atoms with Gasteiger partial charge >= 0.3 is 12.1 Å². The number of carboxylic acid groups (broad SMARTS) is 1.